The Labute approximate surface area is 131 Å². The number of hydrogen-bond donors (Lipinski definition) is 2. The number of rotatable bonds is 7. The molecule has 0 aliphatic heterocycles. The van der Waals surface area contributed by atoms with Gasteiger partial charge in [0.05, 0.1) is 6.10 Å². The Bertz CT molecular complexity index is 626. The van der Waals surface area contributed by atoms with Crippen LogP contribution in [0.2, 0.25) is 0 Å². The third-order valence-corrected chi connectivity index (χ3v) is 3.37. The molecule has 124 valence electrons. The summed E-state index contributed by atoms with van der Waals surface area (Å²) >= 11 is 0. The molecule has 7 heteroatoms. The smallest absolute Gasteiger partial charge is 0.387 e. The summed E-state index contributed by atoms with van der Waals surface area (Å²) in [5.74, 6) is -0.883. The number of aliphatic hydroxyl groups is 1. The van der Waals surface area contributed by atoms with Crippen molar-refractivity contribution in [1.29, 1.82) is 0 Å². The number of nitrogens with one attached hydrogen (secondary N) is 1. The van der Waals surface area contributed by atoms with Crippen LogP contribution >= 0.6 is 0 Å². The first-order chi connectivity index (χ1) is 11.0. The van der Waals surface area contributed by atoms with Gasteiger partial charge in [0.25, 0.3) is 0 Å². The fourth-order valence-corrected chi connectivity index (χ4v) is 2.17. The van der Waals surface area contributed by atoms with Crippen LogP contribution in [0.3, 0.4) is 0 Å². The van der Waals surface area contributed by atoms with Crippen LogP contribution < -0.4 is 10.1 Å². The van der Waals surface area contributed by atoms with Gasteiger partial charge < -0.3 is 15.2 Å². The number of aliphatic hydroxyl groups excluding tert-OH is 1. The maximum atomic E-state index is 13.2. The first-order valence-electron chi connectivity index (χ1n) is 7.03. The minimum absolute atomic E-state index is 0.191. The average Bonchev–Trinajstić information content (AvgIpc) is 2.52. The quantitative estimate of drug-likeness (QED) is 0.820. The predicted molar refractivity (Wildman–Crippen MR) is 78.6 cm³/mol. The lowest BCUT2D eigenvalue weighted by molar-refractivity contribution is -0.0508. The Balaban J connectivity index is 2.04. The summed E-state index contributed by atoms with van der Waals surface area (Å²) in [5, 5.41) is 13.1. The van der Waals surface area contributed by atoms with E-state index in [1.54, 1.807) is 31.5 Å². The number of hydrogen-bond acceptors (Lipinski definition) is 4. The highest BCUT2D eigenvalue weighted by Crippen LogP contribution is 2.28. The molecule has 0 saturated carbocycles. The molecule has 0 fully saturated rings. The van der Waals surface area contributed by atoms with Gasteiger partial charge in [-0.05, 0) is 30.7 Å². The van der Waals surface area contributed by atoms with Gasteiger partial charge in [-0.3, -0.25) is 4.98 Å². The molecule has 2 unspecified atom stereocenters. The number of aromatic nitrogens is 1. The van der Waals surface area contributed by atoms with Gasteiger partial charge in [0.1, 0.15) is 11.6 Å². The van der Waals surface area contributed by atoms with Gasteiger partial charge >= 0.3 is 6.61 Å². The van der Waals surface area contributed by atoms with E-state index in [4.69, 9.17) is 0 Å². The molecule has 2 atom stereocenters. The van der Waals surface area contributed by atoms with Crippen molar-refractivity contribution in [3.05, 3.63) is 59.7 Å². The fourth-order valence-electron chi connectivity index (χ4n) is 2.17. The number of benzene rings is 1. The van der Waals surface area contributed by atoms with Gasteiger partial charge in [0.2, 0.25) is 0 Å². The largest absolute Gasteiger partial charge is 0.434 e. The average molecular weight is 326 g/mol. The van der Waals surface area contributed by atoms with Gasteiger partial charge in [-0.2, -0.15) is 8.78 Å². The topological polar surface area (TPSA) is 54.4 Å². The highest BCUT2D eigenvalue weighted by atomic mass is 19.3. The van der Waals surface area contributed by atoms with Crippen LogP contribution in [0.25, 0.3) is 0 Å². The van der Waals surface area contributed by atoms with Gasteiger partial charge in [-0.15, -0.1) is 0 Å². The van der Waals surface area contributed by atoms with E-state index < -0.39 is 24.6 Å². The number of ether oxygens (including phenoxy) is 1. The second-order valence-electron chi connectivity index (χ2n) is 4.99. The van der Waals surface area contributed by atoms with Crippen molar-refractivity contribution in [3.8, 4) is 5.75 Å². The maximum absolute atomic E-state index is 13.2. The molecule has 1 aromatic carbocycles. The van der Waals surface area contributed by atoms with E-state index in [-0.39, 0.29) is 12.3 Å². The molecule has 0 radical (unpaired) electrons. The van der Waals surface area contributed by atoms with Crippen LogP contribution in [-0.2, 0) is 0 Å². The molecule has 2 rings (SSSR count). The molecule has 23 heavy (non-hydrogen) atoms. The Kier molecular flexibility index (Phi) is 5.95. The predicted octanol–water partition coefficient (Wildman–Crippen LogP) is 3.21. The summed E-state index contributed by atoms with van der Waals surface area (Å²) < 4.78 is 42.4. The molecule has 0 amide bonds. The third-order valence-electron chi connectivity index (χ3n) is 3.37. The van der Waals surface area contributed by atoms with Crippen LogP contribution in [0.5, 0.6) is 5.75 Å². The molecule has 0 bridgehead atoms. The Morgan fingerprint density at radius 3 is 2.57 bits per heavy atom. The highest BCUT2D eigenvalue weighted by molar-refractivity contribution is 5.36. The number of pyridine rings is 1. The molecule has 0 aliphatic rings. The normalized spacial score (nSPS) is 13.8. The van der Waals surface area contributed by atoms with E-state index in [1.807, 2.05) is 0 Å². The van der Waals surface area contributed by atoms with Crippen LogP contribution in [-0.4, -0.2) is 23.2 Å². The van der Waals surface area contributed by atoms with Crippen molar-refractivity contribution in [2.75, 3.05) is 6.54 Å². The van der Waals surface area contributed by atoms with Crippen LogP contribution in [0, 0.1) is 5.82 Å². The Morgan fingerprint density at radius 2 is 1.91 bits per heavy atom. The third kappa shape index (κ3) is 4.94. The lowest BCUT2D eigenvalue weighted by Crippen LogP contribution is -2.25. The van der Waals surface area contributed by atoms with E-state index in [1.165, 1.54) is 12.1 Å². The highest BCUT2D eigenvalue weighted by Gasteiger charge is 2.17. The lowest BCUT2D eigenvalue weighted by atomic mass is 10.1. The SMILES string of the molecule is CC(NCC(O)c1ccncc1)c1ccc(F)cc1OC(F)F. The van der Waals surface area contributed by atoms with E-state index >= 15 is 0 Å². The van der Waals surface area contributed by atoms with Gasteiger partial charge in [0, 0.05) is 36.6 Å². The molecule has 4 nitrogen and oxygen atoms in total. The molecular formula is C16H17F3N2O2. The second-order valence-corrected chi connectivity index (χ2v) is 4.99. The minimum Gasteiger partial charge on any atom is -0.434 e. The summed E-state index contributed by atoms with van der Waals surface area (Å²) in [7, 11) is 0. The van der Waals surface area contributed by atoms with Crippen molar-refractivity contribution in [3.63, 3.8) is 0 Å². The first-order valence-corrected chi connectivity index (χ1v) is 7.03. The lowest BCUT2D eigenvalue weighted by Gasteiger charge is -2.20. The molecule has 0 aliphatic carbocycles. The van der Waals surface area contributed by atoms with Gasteiger partial charge in [-0.1, -0.05) is 6.07 Å². The molecule has 2 aromatic rings. The zero-order valence-corrected chi connectivity index (χ0v) is 12.4. The van der Waals surface area contributed by atoms with Crippen LogP contribution in [0.1, 0.15) is 30.2 Å². The van der Waals surface area contributed by atoms with E-state index in [2.05, 4.69) is 15.0 Å². The standard InChI is InChI=1S/C16H17F3N2O2/c1-10(21-9-14(22)11-4-6-20-7-5-11)13-3-2-12(17)8-15(13)23-16(18)19/h2-8,10,14,16,21-22H,9H2,1H3. The number of alkyl halides is 2. The van der Waals surface area contributed by atoms with E-state index in [0.717, 1.165) is 6.07 Å². The maximum Gasteiger partial charge on any atom is 0.387 e. The molecule has 2 N–H and O–H groups in total. The minimum atomic E-state index is -3.04. The van der Waals surface area contributed by atoms with Crippen molar-refractivity contribution < 1.29 is 23.0 Å². The zero-order valence-electron chi connectivity index (χ0n) is 12.4. The molecule has 0 saturated heterocycles. The second kappa shape index (κ2) is 7.94. The summed E-state index contributed by atoms with van der Waals surface area (Å²) in [6, 6.07) is 6.41. The van der Waals surface area contributed by atoms with Crippen molar-refractivity contribution >= 4 is 0 Å². The molecule has 1 aromatic heterocycles. The van der Waals surface area contributed by atoms with Crippen molar-refractivity contribution in [2.24, 2.45) is 0 Å². The van der Waals surface area contributed by atoms with Crippen LogP contribution in [0.15, 0.2) is 42.7 Å². The zero-order chi connectivity index (χ0) is 16.8. The van der Waals surface area contributed by atoms with E-state index in [0.29, 0.717) is 11.1 Å². The number of nitrogens with zero attached hydrogens (tertiary/aromatic N) is 1. The molecule has 0 spiro atoms. The summed E-state index contributed by atoms with van der Waals surface area (Å²) in [5.41, 5.74) is 1.07. The summed E-state index contributed by atoms with van der Waals surface area (Å²) in [6.07, 6.45) is 2.35. The van der Waals surface area contributed by atoms with Crippen LogP contribution in [0.4, 0.5) is 13.2 Å². The Hall–Kier alpha value is -2.12. The van der Waals surface area contributed by atoms with Crippen molar-refractivity contribution in [1.82, 2.24) is 10.3 Å². The Morgan fingerprint density at radius 1 is 1.22 bits per heavy atom. The van der Waals surface area contributed by atoms with Gasteiger partial charge in [-0.25, -0.2) is 4.39 Å². The van der Waals surface area contributed by atoms with E-state index in [9.17, 15) is 18.3 Å². The molecule has 1 heterocycles. The molecular weight excluding hydrogens is 309 g/mol. The van der Waals surface area contributed by atoms with Crippen molar-refractivity contribution in [2.45, 2.75) is 25.7 Å². The van der Waals surface area contributed by atoms with Gasteiger partial charge in [0.15, 0.2) is 0 Å². The number of halogens is 3. The first kappa shape index (κ1) is 17.2. The monoisotopic (exact) mass is 326 g/mol. The summed E-state index contributed by atoms with van der Waals surface area (Å²) in [6.45, 7) is -1.13. The fraction of sp³-hybridized carbons (Fsp3) is 0.312. The summed E-state index contributed by atoms with van der Waals surface area (Å²) in [4.78, 5) is 3.86.